The number of hydrogen-bond donors (Lipinski definition) is 2. The summed E-state index contributed by atoms with van der Waals surface area (Å²) in [4.78, 5) is 24.9. The van der Waals surface area contributed by atoms with Gasteiger partial charge < -0.3 is 10.3 Å². The Bertz CT molecular complexity index is 893. The number of hydrogen-bond acceptors (Lipinski definition) is 4. The number of rotatable bonds is 6. The normalized spacial score (nSPS) is 15.8. The Balaban J connectivity index is 1.20. The van der Waals surface area contributed by atoms with Crippen molar-refractivity contribution in [3.05, 3.63) is 65.5 Å². The number of nitrogens with one attached hydrogen (secondary N) is 2. The summed E-state index contributed by atoms with van der Waals surface area (Å²) in [5.41, 5.74) is 4.47. The SMILES string of the molecule is Cc1ccc(CNC(=O)CN2CCN(Cc3nc4ccccc4[nH]3)CC2)cc1. The van der Waals surface area contributed by atoms with Gasteiger partial charge >= 0.3 is 0 Å². The highest BCUT2D eigenvalue weighted by Crippen LogP contribution is 2.13. The van der Waals surface area contributed by atoms with Crippen molar-refractivity contribution in [1.29, 1.82) is 0 Å². The lowest BCUT2D eigenvalue weighted by Crippen LogP contribution is -2.49. The van der Waals surface area contributed by atoms with Crippen molar-refractivity contribution in [3.63, 3.8) is 0 Å². The summed E-state index contributed by atoms with van der Waals surface area (Å²) < 4.78 is 0. The van der Waals surface area contributed by atoms with Gasteiger partial charge in [-0.15, -0.1) is 0 Å². The highest BCUT2D eigenvalue weighted by molar-refractivity contribution is 5.78. The Morgan fingerprint density at radius 1 is 1.04 bits per heavy atom. The van der Waals surface area contributed by atoms with Crippen LogP contribution in [-0.2, 0) is 17.9 Å². The second-order valence-corrected chi connectivity index (χ2v) is 7.52. The molecule has 28 heavy (non-hydrogen) atoms. The summed E-state index contributed by atoms with van der Waals surface area (Å²) >= 11 is 0. The molecule has 1 aliphatic heterocycles. The van der Waals surface area contributed by atoms with Gasteiger partial charge in [0, 0.05) is 32.7 Å². The Morgan fingerprint density at radius 3 is 2.50 bits per heavy atom. The van der Waals surface area contributed by atoms with Crippen LogP contribution in [0.15, 0.2) is 48.5 Å². The molecule has 0 radical (unpaired) electrons. The monoisotopic (exact) mass is 377 g/mol. The van der Waals surface area contributed by atoms with Crippen molar-refractivity contribution < 1.29 is 4.79 Å². The predicted octanol–water partition coefficient (Wildman–Crippen LogP) is 2.31. The van der Waals surface area contributed by atoms with Crippen molar-refractivity contribution in [1.82, 2.24) is 25.1 Å². The summed E-state index contributed by atoms with van der Waals surface area (Å²) in [6.45, 7) is 7.63. The summed E-state index contributed by atoms with van der Waals surface area (Å²) in [7, 11) is 0. The van der Waals surface area contributed by atoms with E-state index >= 15 is 0 Å². The lowest BCUT2D eigenvalue weighted by Gasteiger charge is -2.33. The molecular formula is C22H27N5O. The second kappa shape index (κ2) is 8.54. The zero-order valence-electron chi connectivity index (χ0n) is 16.3. The van der Waals surface area contributed by atoms with Crippen molar-refractivity contribution in [3.8, 4) is 0 Å². The summed E-state index contributed by atoms with van der Waals surface area (Å²) in [5.74, 6) is 1.09. The van der Waals surface area contributed by atoms with Crippen molar-refractivity contribution in [2.24, 2.45) is 0 Å². The first kappa shape index (κ1) is 18.7. The van der Waals surface area contributed by atoms with E-state index in [9.17, 15) is 4.79 Å². The second-order valence-electron chi connectivity index (χ2n) is 7.52. The average Bonchev–Trinajstić information content (AvgIpc) is 3.11. The van der Waals surface area contributed by atoms with Crippen LogP contribution in [0.25, 0.3) is 11.0 Å². The fraction of sp³-hybridized carbons (Fsp3) is 0.364. The van der Waals surface area contributed by atoms with Crippen LogP contribution in [0.1, 0.15) is 17.0 Å². The van der Waals surface area contributed by atoms with E-state index in [1.807, 2.05) is 18.2 Å². The molecular weight excluding hydrogens is 350 g/mol. The number of H-pyrrole nitrogens is 1. The zero-order valence-corrected chi connectivity index (χ0v) is 16.3. The van der Waals surface area contributed by atoms with E-state index in [0.717, 1.165) is 55.1 Å². The van der Waals surface area contributed by atoms with Crippen LogP contribution in [-0.4, -0.2) is 58.4 Å². The fourth-order valence-electron chi connectivity index (χ4n) is 3.56. The van der Waals surface area contributed by atoms with Crippen molar-refractivity contribution in [2.45, 2.75) is 20.0 Å². The lowest BCUT2D eigenvalue weighted by atomic mass is 10.1. The number of fused-ring (bicyclic) bond motifs is 1. The maximum absolute atomic E-state index is 12.2. The van der Waals surface area contributed by atoms with Crippen LogP contribution in [0, 0.1) is 6.92 Å². The number of aromatic nitrogens is 2. The molecule has 2 aromatic carbocycles. The molecule has 1 aromatic heterocycles. The molecule has 4 rings (SSSR count). The van der Waals surface area contributed by atoms with E-state index in [1.54, 1.807) is 0 Å². The molecule has 1 amide bonds. The largest absolute Gasteiger partial charge is 0.351 e. The molecule has 0 atom stereocenters. The van der Waals surface area contributed by atoms with Crippen molar-refractivity contribution in [2.75, 3.05) is 32.7 Å². The first-order chi connectivity index (χ1) is 13.7. The number of benzene rings is 2. The van der Waals surface area contributed by atoms with Crippen LogP contribution in [0.3, 0.4) is 0 Å². The minimum absolute atomic E-state index is 0.0892. The smallest absolute Gasteiger partial charge is 0.234 e. The fourth-order valence-corrected chi connectivity index (χ4v) is 3.56. The van der Waals surface area contributed by atoms with Crippen LogP contribution in [0.5, 0.6) is 0 Å². The van der Waals surface area contributed by atoms with E-state index in [4.69, 9.17) is 0 Å². The Hall–Kier alpha value is -2.70. The molecule has 6 heteroatoms. The number of aryl methyl sites for hydroxylation is 1. The highest BCUT2D eigenvalue weighted by Gasteiger charge is 2.19. The first-order valence-corrected chi connectivity index (χ1v) is 9.86. The molecule has 0 bridgehead atoms. The lowest BCUT2D eigenvalue weighted by molar-refractivity contribution is -0.122. The third-order valence-corrected chi connectivity index (χ3v) is 5.25. The minimum Gasteiger partial charge on any atom is -0.351 e. The Kier molecular flexibility index (Phi) is 5.69. The molecule has 146 valence electrons. The predicted molar refractivity (Wildman–Crippen MR) is 111 cm³/mol. The molecule has 0 unspecified atom stereocenters. The molecule has 1 saturated heterocycles. The van der Waals surface area contributed by atoms with Gasteiger partial charge in [-0.2, -0.15) is 0 Å². The van der Waals surface area contributed by atoms with Gasteiger partial charge in [0.2, 0.25) is 5.91 Å². The number of amides is 1. The number of carbonyl (C=O) groups excluding carboxylic acids is 1. The molecule has 0 aliphatic carbocycles. The molecule has 2 heterocycles. The Labute approximate surface area is 165 Å². The maximum atomic E-state index is 12.2. The summed E-state index contributed by atoms with van der Waals surface area (Å²) in [5, 5.41) is 3.02. The minimum atomic E-state index is 0.0892. The van der Waals surface area contributed by atoms with Gasteiger partial charge in [0.1, 0.15) is 5.82 Å². The number of para-hydroxylation sites is 2. The number of nitrogens with zero attached hydrogens (tertiary/aromatic N) is 3. The third kappa shape index (κ3) is 4.77. The van der Waals surface area contributed by atoms with Gasteiger partial charge in [0.15, 0.2) is 0 Å². The van der Waals surface area contributed by atoms with E-state index < -0.39 is 0 Å². The van der Waals surface area contributed by atoms with E-state index in [1.165, 1.54) is 5.56 Å². The van der Waals surface area contributed by atoms with Crippen molar-refractivity contribution >= 4 is 16.9 Å². The molecule has 3 aromatic rings. The van der Waals surface area contributed by atoms with E-state index in [2.05, 4.69) is 62.3 Å². The Morgan fingerprint density at radius 2 is 1.75 bits per heavy atom. The number of aromatic amines is 1. The van der Waals surface area contributed by atoms with Gasteiger partial charge in [-0.05, 0) is 24.6 Å². The molecule has 2 N–H and O–H groups in total. The first-order valence-electron chi connectivity index (χ1n) is 9.86. The van der Waals surface area contributed by atoms with Crippen LogP contribution in [0.4, 0.5) is 0 Å². The number of piperazine rings is 1. The standard InChI is InChI=1S/C22H27N5O/c1-17-6-8-18(9-7-17)14-23-22(28)16-27-12-10-26(11-13-27)15-21-24-19-4-2-3-5-20(19)25-21/h2-9H,10-16H2,1H3,(H,23,28)(H,24,25). The quantitative estimate of drug-likeness (QED) is 0.692. The van der Waals surface area contributed by atoms with Crippen LogP contribution in [0.2, 0.25) is 0 Å². The summed E-state index contributed by atoms with van der Waals surface area (Å²) in [6, 6.07) is 16.4. The van der Waals surface area contributed by atoms with Crippen LogP contribution < -0.4 is 5.32 Å². The molecule has 1 aliphatic rings. The van der Waals surface area contributed by atoms with Crippen LogP contribution >= 0.6 is 0 Å². The van der Waals surface area contributed by atoms with Gasteiger partial charge in [-0.1, -0.05) is 42.0 Å². The molecule has 6 nitrogen and oxygen atoms in total. The maximum Gasteiger partial charge on any atom is 0.234 e. The van der Waals surface area contributed by atoms with Gasteiger partial charge in [-0.3, -0.25) is 14.6 Å². The topological polar surface area (TPSA) is 64.3 Å². The van der Waals surface area contributed by atoms with Gasteiger partial charge in [0.05, 0.1) is 24.1 Å². The molecule has 0 saturated carbocycles. The average molecular weight is 377 g/mol. The third-order valence-electron chi connectivity index (χ3n) is 5.25. The summed E-state index contributed by atoms with van der Waals surface area (Å²) in [6.07, 6.45) is 0. The molecule has 0 spiro atoms. The number of carbonyl (C=O) groups is 1. The van der Waals surface area contributed by atoms with Gasteiger partial charge in [-0.25, -0.2) is 4.98 Å². The number of imidazole rings is 1. The zero-order chi connectivity index (χ0) is 19.3. The van der Waals surface area contributed by atoms with Gasteiger partial charge in [0.25, 0.3) is 0 Å². The van der Waals surface area contributed by atoms with E-state index in [0.29, 0.717) is 13.1 Å². The van der Waals surface area contributed by atoms with E-state index in [-0.39, 0.29) is 5.91 Å². The molecule has 1 fully saturated rings. The highest BCUT2D eigenvalue weighted by atomic mass is 16.2.